The lowest BCUT2D eigenvalue weighted by Gasteiger charge is -2.38. The van der Waals surface area contributed by atoms with Crippen LogP contribution in [0.3, 0.4) is 0 Å². The van der Waals surface area contributed by atoms with Gasteiger partial charge in [0.05, 0.1) is 16.6 Å². The van der Waals surface area contributed by atoms with E-state index in [4.69, 9.17) is 4.74 Å². The molecule has 2 atom stereocenters. The van der Waals surface area contributed by atoms with Gasteiger partial charge in [0.1, 0.15) is 5.75 Å². The van der Waals surface area contributed by atoms with Crippen molar-refractivity contribution in [2.75, 3.05) is 0 Å². The summed E-state index contributed by atoms with van der Waals surface area (Å²) in [6.07, 6.45) is 4.15. The lowest BCUT2D eigenvalue weighted by atomic mass is 10.0. The van der Waals surface area contributed by atoms with Crippen LogP contribution in [0.4, 0.5) is 0 Å². The zero-order valence-electron chi connectivity index (χ0n) is 14.4. The predicted molar refractivity (Wildman–Crippen MR) is 108 cm³/mol. The molecular formula is C22H17N3OS. The van der Waals surface area contributed by atoms with Crippen molar-refractivity contribution in [1.82, 2.24) is 15.4 Å². The Hall–Kier alpha value is -3.02. The van der Waals surface area contributed by atoms with E-state index < -0.39 is 0 Å². The van der Waals surface area contributed by atoms with E-state index in [1.807, 2.05) is 12.1 Å². The van der Waals surface area contributed by atoms with Crippen LogP contribution in [0.1, 0.15) is 28.3 Å². The van der Waals surface area contributed by atoms with Gasteiger partial charge in [0.15, 0.2) is 6.23 Å². The summed E-state index contributed by atoms with van der Waals surface area (Å²) >= 11 is 1.74. The maximum atomic E-state index is 6.48. The van der Waals surface area contributed by atoms with Crippen molar-refractivity contribution in [1.29, 1.82) is 0 Å². The van der Waals surface area contributed by atoms with Gasteiger partial charge in [0.2, 0.25) is 0 Å². The monoisotopic (exact) mass is 371 g/mol. The molecule has 2 N–H and O–H groups in total. The molecule has 2 aliphatic heterocycles. The predicted octanol–water partition coefficient (Wildman–Crippen LogP) is 5.22. The third kappa shape index (κ3) is 2.25. The number of nitrogens with one attached hydrogen (secondary N) is 2. The summed E-state index contributed by atoms with van der Waals surface area (Å²) in [4.78, 5) is 4.61. The molecule has 0 aliphatic carbocycles. The Balaban J connectivity index is 1.50. The number of nitrogens with zero attached hydrogens (tertiary/aromatic N) is 1. The summed E-state index contributed by atoms with van der Waals surface area (Å²) in [6, 6.07) is 21.0. The van der Waals surface area contributed by atoms with E-state index >= 15 is 0 Å². The quantitative estimate of drug-likeness (QED) is 0.507. The standard InChI is InChI=1S/C22H17N3OS/c1-3-8-17-14(6-1)16(13-23-17)22-25-19(15-7-2-4-9-20(15)26-22)12-18(24-25)21-10-5-11-27-21/h1-13,19,22-24H/t19-,22+/m0/s1. The van der Waals surface area contributed by atoms with Gasteiger partial charge in [-0.1, -0.05) is 42.5 Å². The zero-order chi connectivity index (χ0) is 17.8. The second kappa shape index (κ2) is 5.74. The smallest absolute Gasteiger partial charge is 0.198 e. The summed E-state index contributed by atoms with van der Waals surface area (Å²) in [5.74, 6) is 0.944. The summed E-state index contributed by atoms with van der Waals surface area (Å²) in [5, 5.41) is 5.51. The number of para-hydroxylation sites is 2. The molecule has 4 heterocycles. The van der Waals surface area contributed by atoms with E-state index in [9.17, 15) is 0 Å². The molecule has 0 amide bonds. The molecule has 0 saturated carbocycles. The molecule has 2 aliphatic rings. The van der Waals surface area contributed by atoms with Crippen LogP contribution in [0.15, 0.2) is 78.3 Å². The van der Waals surface area contributed by atoms with Crippen LogP contribution in [-0.4, -0.2) is 9.99 Å². The fourth-order valence-corrected chi connectivity index (χ4v) is 4.72. The molecule has 5 heteroatoms. The number of hydrazine groups is 1. The normalized spacial score (nSPS) is 21.3. The van der Waals surface area contributed by atoms with Crippen LogP contribution in [-0.2, 0) is 0 Å². The number of thiophene rings is 1. The second-order valence-corrected chi connectivity index (χ2v) is 7.77. The van der Waals surface area contributed by atoms with Gasteiger partial charge in [0, 0.05) is 28.2 Å². The number of aromatic nitrogens is 1. The van der Waals surface area contributed by atoms with Gasteiger partial charge in [-0.2, -0.15) is 5.01 Å². The first-order valence-corrected chi connectivity index (χ1v) is 9.89. The van der Waals surface area contributed by atoms with Crippen LogP contribution in [0, 0.1) is 0 Å². The van der Waals surface area contributed by atoms with Crippen molar-refractivity contribution in [3.05, 3.63) is 94.3 Å². The van der Waals surface area contributed by atoms with Crippen LogP contribution in [0.25, 0.3) is 16.6 Å². The topological polar surface area (TPSA) is 40.3 Å². The summed E-state index contributed by atoms with van der Waals surface area (Å²) in [7, 11) is 0. The minimum atomic E-state index is -0.213. The van der Waals surface area contributed by atoms with Crippen LogP contribution in [0.2, 0.25) is 0 Å². The number of hydrogen-bond acceptors (Lipinski definition) is 4. The number of ether oxygens (including phenoxy) is 1. The summed E-state index contributed by atoms with van der Waals surface area (Å²) in [6.45, 7) is 0. The van der Waals surface area contributed by atoms with E-state index in [0.717, 1.165) is 22.5 Å². The van der Waals surface area contributed by atoms with Crippen LogP contribution in [0.5, 0.6) is 5.75 Å². The first-order chi connectivity index (χ1) is 13.4. The molecular weight excluding hydrogens is 354 g/mol. The highest BCUT2D eigenvalue weighted by Crippen LogP contribution is 2.47. The zero-order valence-corrected chi connectivity index (χ0v) is 15.2. The van der Waals surface area contributed by atoms with Crippen LogP contribution >= 0.6 is 11.3 Å². The Morgan fingerprint density at radius 1 is 0.926 bits per heavy atom. The number of rotatable bonds is 2. The summed E-state index contributed by atoms with van der Waals surface area (Å²) < 4.78 is 6.48. The molecule has 2 aromatic carbocycles. The highest BCUT2D eigenvalue weighted by molar-refractivity contribution is 7.11. The molecule has 27 heavy (non-hydrogen) atoms. The first-order valence-electron chi connectivity index (χ1n) is 9.01. The molecule has 132 valence electrons. The Kier molecular flexibility index (Phi) is 3.21. The van der Waals surface area contributed by atoms with Gasteiger partial charge in [-0.15, -0.1) is 11.3 Å². The SMILES string of the molecule is C1=C(c2cccs2)NN2[C@@H](c3c[nH]c4ccccc34)Oc3ccccc3[C@H]12. The molecule has 0 unspecified atom stereocenters. The second-order valence-electron chi connectivity index (χ2n) is 6.82. The molecule has 2 aromatic heterocycles. The lowest BCUT2D eigenvalue weighted by molar-refractivity contribution is -0.0316. The fraction of sp³-hybridized carbons (Fsp3) is 0.0909. The van der Waals surface area contributed by atoms with E-state index in [-0.39, 0.29) is 12.3 Å². The van der Waals surface area contributed by atoms with E-state index in [2.05, 4.69) is 81.6 Å². The molecule has 4 nitrogen and oxygen atoms in total. The molecule has 0 saturated heterocycles. The number of benzene rings is 2. The van der Waals surface area contributed by atoms with Crippen molar-refractivity contribution >= 4 is 27.9 Å². The third-order valence-corrected chi connectivity index (χ3v) is 6.18. The van der Waals surface area contributed by atoms with Gasteiger partial charge in [0.25, 0.3) is 0 Å². The average Bonchev–Trinajstić information content (AvgIpc) is 3.46. The van der Waals surface area contributed by atoms with Crippen molar-refractivity contribution in [3.8, 4) is 5.75 Å². The molecule has 0 fully saturated rings. The first kappa shape index (κ1) is 15.1. The molecule has 0 bridgehead atoms. The minimum Gasteiger partial charge on any atom is -0.469 e. The maximum absolute atomic E-state index is 6.48. The molecule has 4 aromatic rings. The van der Waals surface area contributed by atoms with E-state index in [1.165, 1.54) is 15.8 Å². The van der Waals surface area contributed by atoms with Gasteiger partial charge >= 0.3 is 0 Å². The van der Waals surface area contributed by atoms with E-state index in [0.29, 0.717) is 0 Å². The van der Waals surface area contributed by atoms with Gasteiger partial charge in [-0.25, -0.2) is 0 Å². The van der Waals surface area contributed by atoms with Crippen molar-refractivity contribution < 1.29 is 4.74 Å². The van der Waals surface area contributed by atoms with Crippen LogP contribution < -0.4 is 10.2 Å². The van der Waals surface area contributed by atoms with E-state index in [1.54, 1.807) is 11.3 Å². The Morgan fingerprint density at radius 3 is 2.74 bits per heavy atom. The van der Waals surface area contributed by atoms with Gasteiger partial charge < -0.3 is 15.1 Å². The minimum absolute atomic E-state index is 0.130. The van der Waals surface area contributed by atoms with Gasteiger partial charge in [-0.05, 0) is 29.7 Å². The number of fused-ring (bicyclic) bond motifs is 4. The van der Waals surface area contributed by atoms with Gasteiger partial charge in [-0.3, -0.25) is 0 Å². The molecule has 0 spiro atoms. The highest BCUT2D eigenvalue weighted by Gasteiger charge is 2.40. The van der Waals surface area contributed by atoms with Crippen molar-refractivity contribution in [2.45, 2.75) is 12.3 Å². The molecule has 0 radical (unpaired) electrons. The Labute approximate surface area is 160 Å². The van der Waals surface area contributed by atoms with Crippen molar-refractivity contribution in [3.63, 3.8) is 0 Å². The maximum Gasteiger partial charge on any atom is 0.198 e. The number of H-pyrrole nitrogens is 1. The average molecular weight is 371 g/mol. The molecule has 6 rings (SSSR count). The number of hydrogen-bond donors (Lipinski definition) is 2. The Bertz CT molecular complexity index is 1160. The lowest BCUT2D eigenvalue weighted by Crippen LogP contribution is -2.42. The third-order valence-electron chi connectivity index (χ3n) is 5.28. The number of aromatic amines is 1. The fourth-order valence-electron chi connectivity index (χ4n) is 4.02. The largest absolute Gasteiger partial charge is 0.469 e. The highest BCUT2D eigenvalue weighted by atomic mass is 32.1. The van der Waals surface area contributed by atoms with Crippen molar-refractivity contribution in [2.24, 2.45) is 0 Å². The summed E-state index contributed by atoms with van der Waals surface area (Å²) in [5.41, 5.74) is 8.19. The Morgan fingerprint density at radius 2 is 1.81 bits per heavy atom.